The Bertz CT molecular complexity index is 804. The predicted octanol–water partition coefficient (Wildman–Crippen LogP) is 0.944. The van der Waals surface area contributed by atoms with Gasteiger partial charge in [-0.3, -0.25) is 19.3 Å². The third-order valence-corrected chi connectivity index (χ3v) is 4.10. The van der Waals surface area contributed by atoms with Crippen LogP contribution in [0.2, 0.25) is 0 Å². The van der Waals surface area contributed by atoms with E-state index >= 15 is 0 Å². The van der Waals surface area contributed by atoms with Gasteiger partial charge < -0.3 is 15.0 Å². The number of hydrogen-bond acceptors (Lipinski definition) is 7. The minimum Gasteiger partial charge on any atom is -0.454 e. The van der Waals surface area contributed by atoms with E-state index in [9.17, 15) is 19.2 Å². The Morgan fingerprint density at radius 2 is 2.12 bits per heavy atom. The molecule has 26 heavy (non-hydrogen) atoms. The van der Waals surface area contributed by atoms with Crippen LogP contribution in [0.15, 0.2) is 23.1 Å². The van der Waals surface area contributed by atoms with Gasteiger partial charge in [0.1, 0.15) is 18.5 Å². The SMILES string of the molecule is Cc1cc(SC#N)ccc1NC(=O)COC(=O)CN1C(=O)CN(C)C1=O. The lowest BCUT2D eigenvalue weighted by molar-refractivity contribution is -0.149. The molecule has 10 heteroatoms. The van der Waals surface area contributed by atoms with Crippen LogP contribution in [-0.4, -0.2) is 60.4 Å². The van der Waals surface area contributed by atoms with Gasteiger partial charge in [0.2, 0.25) is 0 Å². The lowest BCUT2D eigenvalue weighted by Gasteiger charge is -2.13. The van der Waals surface area contributed by atoms with Gasteiger partial charge in [0.05, 0.1) is 0 Å². The Kier molecular flexibility index (Phi) is 6.19. The van der Waals surface area contributed by atoms with Crippen LogP contribution in [0.25, 0.3) is 0 Å². The molecule has 2 rings (SSSR count). The van der Waals surface area contributed by atoms with Gasteiger partial charge in [-0.1, -0.05) is 0 Å². The number of carbonyl (C=O) groups excluding carboxylic acids is 4. The van der Waals surface area contributed by atoms with Gasteiger partial charge in [-0.15, -0.1) is 0 Å². The van der Waals surface area contributed by atoms with E-state index in [0.717, 1.165) is 27.1 Å². The quantitative estimate of drug-likeness (QED) is 0.340. The first-order valence-corrected chi connectivity index (χ1v) is 8.31. The van der Waals surface area contributed by atoms with Crippen LogP contribution in [0, 0.1) is 17.6 Å². The fraction of sp³-hybridized carbons (Fsp3) is 0.312. The molecule has 1 aliphatic heterocycles. The normalized spacial score (nSPS) is 13.6. The van der Waals surface area contributed by atoms with Crippen LogP contribution >= 0.6 is 11.8 Å². The van der Waals surface area contributed by atoms with Crippen LogP contribution < -0.4 is 5.32 Å². The largest absolute Gasteiger partial charge is 0.454 e. The molecule has 1 aromatic rings. The molecule has 136 valence electrons. The highest BCUT2D eigenvalue weighted by molar-refractivity contribution is 8.03. The molecule has 1 heterocycles. The standard InChI is InChI=1S/C16H16N4O5S/c1-10-5-11(26-9-17)3-4-12(10)18-13(21)8-25-15(23)7-20-14(22)6-19(2)16(20)24/h3-5H,6-8H2,1-2H3,(H,18,21). The van der Waals surface area contributed by atoms with Crippen molar-refractivity contribution in [2.24, 2.45) is 0 Å². The number of thiocyanates is 1. The number of ether oxygens (including phenoxy) is 1. The Balaban J connectivity index is 1.83. The number of aryl methyl sites for hydroxylation is 1. The molecule has 1 saturated heterocycles. The van der Waals surface area contributed by atoms with E-state index in [-0.39, 0.29) is 6.54 Å². The Labute approximate surface area is 153 Å². The molecular weight excluding hydrogens is 360 g/mol. The van der Waals surface area contributed by atoms with Crippen molar-refractivity contribution in [2.45, 2.75) is 11.8 Å². The van der Waals surface area contributed by atoms with Crippen molar-refractivity contribution in [1.29, 1.82) is 5.26 Å². The lowest BCUT2D eigenvalue weighted by atomic mass is 10.2. The van der Waals surface area contributed by atoms with Crippen molar-refractivity contribution in [3.63, 3.8) is 0 Å². The number of amides is 4. The number of thioether (sulfide) groups is 1. The molecule has 0 atom stereocenters. The smallest absolute Gasteiger partial charge is 0.327 e. The fourth-order valence-electron chi connectivity index (χ4n) is 2.22. The number of nitrogens with one attached hydrogen (secondary N) is 1. The molecule has 0 spiro atoms. The molecule has 0 radical (unpaired) electrons. The summed E-state index contributed by atoms with van der Waals surface area (Å²) in [7, 11) is 1.45. The highest BCUT2D eigenvalue weighted by Crippen LogP contribution is 2.23. The highest BCUT2D eigenvalue weighted by Gasteiger charge is 2.35. The van der Waals surface area contributed by atoms with Crippen LogP contribution in [0.1, 0.15) is 5.56 Å². The minimum atomic E-state index is -0.852. The average Bonchev–Trinajstić information content (AvgIpc) is 2.82. The molecule has 0 bridgehead atoms. The number of urea groups is 1. The summed E-state index contributed by atoms with van der Waals surface area (Å²) >= 11 is 1.01. The molecule has 0 unspecified atom stereocenters. The number of imide groups is 1. The van der Waals surface area contributed by atoms with Crippen molar-refractivity contribution in [2.75, 3.05) is 32.1 Å². The number of carbonyl (C=O) groups is 4. The monoisotopic (exact) mass is 376 g/mol. The maximum absolute atomic E-state index is 11.9. The summed E-state index contributed by atoms with van der Waals surface area (Å²) in [6.07, 6.45) is 0. The second-order valence-electron chi connectivity index (χ2n) is 5.50. The molecule has 4 amide bonds. The van der Waals surface area contributed by atoms with Gasteiger partial charge in [0.15, 0.2) is 6.61 Å². The fourth-order valence-corrected chi connectivity index (χ4v) is 2.70. The van der Waals surface area contributed by atoms with Crippen LogP contribution in [0.4, 0.5) is 10.5 Å². The number of anilines is 1. The van der Waals surface area contributed by atoms with E-state index in [1.54, 1.807) is 25.1 Å². The number of esters is 1. The van der Waals surface area contributed by atoms with E-state index in [1.165, 1.54) is 11.9 Å². The number of likely N-dealkylation sites (N-methyl/N-ethyl adjacent to an activating group) is 1. The summed E-state index contributed by atoms with van der Waals surface area (Å²) in [6.45, 7) is 0.601. The maximum Gasteiger partial charge on any atom is 0.327 e. The van der Waals surface area contributed by atoms with E-state index in [2.05, 4.69) is 5.32 Å². The second kappa shape index (κ2) is 8.35. The number of nitriles is 1. The summed E-state index contributed by atoms with van der Waals surface area (Å²) in [5.74, 6) is -1.90. The minimum absolute atomic E-state index is 0.0913. The molecule has 9 nitrogen and oxygen atoms in total. The zero-order chi connectivity index (χ0) is 19.3. The van der Waals surface area contributed by atoms with Crippen molar-refractivity contribution in [3.8, 4) is 5.40 Å². The van der Waals surface area contributed by atoms with Gasteiger partial charge in [0.25, 0.3) is 11.8 Å². The van der Waals surface area contributed by atoms with E-state index in [4.69, 9.17) is 10.00 Å². The van der Waals surface area contributed by atoms with Crippen molar-refractivity contribution >= 4 is 41.3 Å². The van der Waals surface area contributed by atoms with Crippen molar-refractivity contribution in [3.05, 3.63) is 23.8 Å². The topological polar surface area (TPSA) is 120 Å². The van der Waals surface area contributed by atoms with Gasteiger partial charge in [0, 0.05) is 17.6 Å². The first kappa shape index (κ1) is 19.3. The molecule has 1 aliphatic rings. The van der Waals surface area contributed by atoms with Crippen LogP contribution in [-0.2, 0) is 19.1 Å². The highest BCUT2D eigenvalue weighted by atomic mass is 32.2. The molecule has 1 N–H and O–H groups in total. The van der Waals surface area contributed by atoms with Crippen molar-refractivity contribution in [1.82, 2.24) is 9.80 Å². The number of nitrogens with zero attached hydrogens (tertiary/aromatic N) is 3. The molecule has 1 fully saturated rings. The Morgan fingerprint density at radius 3 is 2.69 bits per heavy atom. The summed E-state index contributed by atoms with van der Waals surface area (Å²) in [5, 5.41) is 13.2. The van der Waals surface area contributed by atoms with Gasteiger partial charge in [-0.25, -0.2) is 4.79 Å². The predicted molar refractivity (Wildman–Crippen MR) is 92.0 cm³/mol. The molecule has 0 saturated carbocycles. The molecule has 0 aromatic heterocycles. The number of hydrogen-bond donors (Lipinski definition) is 1. The first-order valence-electron chi connectivity index (χ1n) is 7.49. The number of benzene rings is 1. The van der Waals surface area contributed by atoms with Gasteiger partial charge in [-0.2, -0.15) is 5.26 Å². The number of rotatable bonds is 6. The van der Waals surface area contributed by atoms with E-state index in [0.29, 0.717) is 5.69 Å². The lowest BCUT2D eigenvalue weighted by Crippen LogP contribution is -2.37. The first-order chi connectivity index (χ1) is 12.3. The van der Waals surface area contributed by atoms with E-state index < -0.39 is 37.0 Å². The van der Waals surface area contributed by atoms with Gasteiger partial charge >= 0.3 is 12.0 Å². The van der Waals surface area contributed by atoms with Gasteiger partial charge in [-0.05, 0) is 42.4 Å². The van der Waals surface area contributed by atoms with Crippen LogP contribution in [0.3, 0.4) is 0 Å². The molecule has 1 aromatic carbocycles. The van der Waals surface area contributed by atoms with Crippen LogP contribution in [0.5, 0.6) is 0 Å². The summed E-state index contributed by atoms with van der Waals surface area (Å²) in [6, 6.07) is 4.49. The Morgan fingerprint density at radius 1 is 1.38 bits per heavy atom. The zero-order valence-electron chi connectivity index (χ0n) is 14.1. The average molecular weight is 376 g/mol. The Hall–Kier alpha value is -3.06. The third kappa shape index (κ3) is 4.73. The summed E-state index contributed by atoms with van der Waals surface area (Å²) in [4.78, 5) is 49.6. The van der Waals surface area contributed by atoms with E-state index in [1.807, 2.05) is 5.40 Å². The maximum atomic E-state index is 11.9. The zero-order valence-corrected chi connectivity index (χ0v) is 15.0. The summed E-state index contributed by atoms with van der Waals surface area (Å²) in [5.41, 5.74) is 1.28. The summed E-state index contributed by atoms with van der Waals surface area (Å²) < 4.78 is 4.81. The molecular formula is C16H16N4O5S. The van der Waals surface area contributed by atoms with Crippen molar-refractivity contribution < 1.29 is 23.9 Å². The third-order valence-electron chi connectivity index (χ3n) is 3.52. The molecule has 0 aliphatic carbocycles. The second-order valence-corrected chi connectivity index (χ2v) is 6.36.